The fraction of sp³-hybridized carbons (Fsp3) is 0. The molecule has 0 bridgehead atoms. The second-order valence-corrected chi connectivity index (χ2v) is 4.09. The van der Waals surface area contributed by atoms with E-state index in [0.29, 0.717) is 36.3 Å². The van der Waals surface area contributed by atoms with Gasteiger partial charge in [-0.15, -0.1) is 0 Å². The molecule has 2 aromatic carbocycles. The summed E-state index contributed by atoms with van der Waals surface area (Å²) in [5, 5.41) is 0. The van der Waals surface area contributed by atoms with Gasteiger partial charge < -0.3 is 0 Å². The van der Waals surface area contributed by atoms with E-state index in [9.17, 15) is 19.2 Å². The second kappa shape index (κ2) is 5.84. The molecule has 0 fully saturated rings. The molecule has 0 aliphatic carbocycles. The summed E-state index contributed by atoms with van der Waals surface area (Å²) in [6.45, 7) is 0. The van der Waals surface area contributed by atoms with Crippen LogP contribution in [0.25, 0.3) is 11.1 Å². The molecule has 98 valence electrons. The van der Waals surface area contributed by atoms with E-state index in [2.05, 4.69) is 0 Å². The standard InChI is InChI=1S/C16H10O4/c17-7-11-3-1-4-12(8-18)15(11)16-13(9-19)5-2-6-14(16)10-20/h1-10H. The van der Waals surface area contributed by atoms with Gasteiger partial charge >= 0.3 is 0 Å². The van der Waals surface area contributed by atoms with Gasteiger partial charge in [-0.2, -0.15) is 0 Å². The van der Waals surface area contributed by atoms with Crippen LogP contribution in [0, 0.1) is 0 Å². The maximum Gasteiger partial charge on any atom is 0.150 e. The molecule has 0 heterocycles. The van der Waals surface area contributed by atoms with E-state index in [1.165, 1.54) is 24.3 Å². The molecule has 0 aliphatic rings. The molecule has 0 spiro atoms. The van der Waals surface area contributed by atoms with E-state index in [-0.39, 0.29) is 22.3 Å². The van der Waals surface area contributed by atoms with Crippen LogP contribution in [0.2, 0.25) is 0 Å². The van der Waals surface area contributed by atoms with Crippen LogP contribution in [-0.2, 0) is 0 Å². The summed E-state index contributed by atoms with van der Waals surface area (Å²) in [5.41, 5.74) is 1.64. The topological polar surface area (TPSA) is 68.3 Å². The lowest BCUT2D eigenvalue weighted by molar-refractivity contribution is 0.110. The van der Waals surface area contributed by atoms with Crippen molar-refractivity contribution in [3.63, 3.8) is 0 Å². The Morgan fingerprint density at radius 3 is 0.950 bits per heavy atom. The predicted octanol–water partition coefficient (Wildman–Crippen LogP) is 2.60. The van der Waals surface area contributed by atoms with Gasteiger partial charge in [-0.1, -0.05) is 36.4 Å². The van der Waals surface area contributed by atoms with Crippen LogP contribution in [0.1, 0.15) is 41.4 Å². The zero-order valence-corrected chi connectivity index (χ0v) is 10.4. The highest BCUT2D eigenvalue weighted by Crippen LogP contribution is 2.31. The molecule has 0 radical (unpaired) electrons. The monoisotopic (exact) mass is 266 g/mol. The van der Waals surface area contributed by atoms with Gasteiger partial charge in [0.15, 0.2) is 25.1 Å². The highest BCUT2D eigenvalue weighted by molar-refractivity contribution is 6.05. The van der Waals surface area contributed by atoms with Crippen LogP contribution in [0.5, 0.6) is 0 Å². The van der Waals surface area contributed by atoms with Crippen LogP contribution in [0.15, 0.2) is 36.4 Å². The molecule has 0 saturated carbocycles. The summed E-state index contributed by atoms with van der Waals surface area (Å²) in [5.74, 6) is 0. The number of benzene rings is 2. The first kappa shape index (κ1) is 13.5. The smallest absolute Gasteiger partial charge is 0.150 e. The van der Waals surface area contributed by atoms with Gasteiger partial charge in [0, 0.05) is 33.4 Å². The maximum atomic E-state index is 11.2. The minimum Gasteiger partial charge on any atom is -0.298 e. The first-order valence-corrected chi connectivity index (χ1v) is 5.84. The Balaban J connectivity index is 2.93. The van der Waals surface area contributed by atoms with Crippen molar-refractivity contribution in [3.05, 3.63) is 58.7 Å². The number of carbonyl (C=O) groups is 4. The minimum atomic E-state index is 0.256. The molecule has 0 aliphatic heterocycles. The van der Waals surface area contributed by atoms with Crippen molar-refractivity contribution >= 4 is 25.1 Å². The molecule has 4 heteroatoms. The Bertz CT molecular complexity index is 588. The molecule has 4 nitrogen and oxygen atoms in total. The highest BCUT2D eigenvalue weighted by Gasteiger charge is 2.17. The van der Waals surface area contributed by atoms with E-state index >= 15 is 0 Å². The molecule has 0 amide bonds. The third-order valence-electron chi connectivity index (χ3n) is 3.02. The van der Waals surface area contributed by atoms with Gasteiger partial charge in [0.2, 0.25) is 0 Å². The Kier molecular flexibility index (Phi) is 3.96. The molecule has 0 aromatic heterocycles. The van der Waals surface area contributed by atoms with Crippen molar-refractivity contribution in [3.8, 4) is 11.1 Å². The van der Waals surface area contributed by atoms with Gasteiger partial charge in [-0.05, 0) is 0 Å². The molecule has 20 heavy (non-hydrogen) atoms. The summed E-state index contributed by atoms with van der Waals surface area (Å²) in [6, 6.07) is 9.27. The normalized spacial score (nSPS) is 9.80. The van der Waals surface area contributed by atoms with Crippen molar-refractivity contribution in [1.82, 2.24) is 0 Å². The lowest BCUT2D eigenvalue weighted by atomic mass is 9.89. The maximum absolute atomic E-state index is 11.2. The Morgan fingerprint density at radius 2 is 0.750 bits per heavy atom. The van der Waals surface area contributed by atoms with E-state index in [4.69, 9.17) is 0 Å². The van der Waals surface area contributed by atoms with E-state index in [1.54, 1.807) is 12.1 Å². The second-order valence-electron chi connectivity index (χ2n) is 4.09. The lowest BCUT2D eigenvalue weighted by Gasteiger charge is -2.12. The number of aldehydes is 4. The lowest BCUT2D eigenvalue weighted by Crippen LogP contribution is -2.01. The predicted molar refractivity (Wildman–Crippen MR) is 73.4 cm³/mol. The quantitative estimate of drug-likeness (QED) is 0.780. The summed E-state index contributed by atoms with van der Waals surface area (Å²) in [7, 11) is 0. The van der Waals surface area contributed by atoms with Crippen molar-refractivity contribution in [2.24, 2.45) is 0 Å². The van der Waals surface area contributed by atoms with E-state index in [1.807, 2.05) is 0 Å². The summed E-state index contributed by atoms with van der Waals surface area (Å²) in [6.07, 6.45) is 2.38. The van der Waals surface area contributed by atoms with Gasteiger partial charge in [0.05, 0.1) is 0 Å². The Labute approximate surface area is 115 Å². The SMILES string of the molecule is O=Cc1cccc(C=O)c1-c1c(C=O)cccc1C=O. The number of hydrogen-bond acceptors (Lipinski definition) is 4. The number of rotatable bonds is 5. The third-order valence-corrected chi connectivity index (χ3v) is 3.02. The average molecular weight is 266 g/mol. The van der Waals surface area contributed by atoms with Gasteiger partial charge in [0.1, 0.15) is 0 Å². The zero-order chi connectivity index (χ0) is 14.5. The first-order chi connectivity index (χ1) is 9.76. The van der Waals surface area contributed by atoms with E-state index in [0.717, 1.165) is 0 Å². The first-order valence-electron chi connectivity index (χ1n) is 5.84. The number of carbonyl (C=O) groups excluding carboxylic acids is 4. The van der Waals surface area contributed by atoms with Crippen molar-refractivity contribution in [2.45, 2.75) is 0 Å². The largest absolute Gasteiger partial charge is 0.298 e. The molecule has 2 rings (SSSR count). The molecule has 0 N–H and O–H groups in total. The van der Waals surface area contributed by atoms with E-state index < -0.39 is 0 Å². The van der Waals surface area contributed by atoms with Crippen molar-refractivity contribution < 1.29 is 19.2 Å². The van der Waals surface area contributed by atoms with Crippen LogP contribution < -0.4 is 0 Å². The highest BCUT2D eigenvalue weighted by atomic mass is 16.1. The van der Waals surface area contributed by atoms with Crippen LogP contribution in [-0.4, -0.2) is 25.1 Å². The summed E-state index contributed by atoms with van der Waals surface area (Å²) >= 11 is 0. The Hall–Kier alpha value is -2.88. The van der Waals surface area contributed by atoms with Gasteiger partial charge in [-0.25, -0.2) is 0 Å². The number of hydrogen-bond donors (Lipinski definition) is 0. The van der Waals surface area contributed by atoms with Crippen molar-refractivity contribution in [1.29, 1.82) is 0 Å². The fourth-order valence-electron chi connectivity index (χ4n) is 2.15. The fourth-order valence-corrected chi connectivity index (χ4v) is 2.15. The molecule has 0 atom stereocenters. The zero-order valence-electron chi connectivity index (χ0n) is 10.4. The summed E-state index contributed by atoms with van der Waals surface area (Å²) in [4.78, 5) is 44.7. The van der Waals surface area contributed by atoms with Crippen LogP contribution >= 0.6 is 0 Å². The Morgan fingerprint density at radius 1 is 0.500 bits per heavy atom. The van der Waals surface area contributed by atoms with Gasteiger partial charge in [-0.3, -0.25) is 19.2 Å². The van der Waals surface area contributed by atoms with Crippen LogP contribution in [0.4, 0.5) is 0 Å². The summed E-state index contributed by atoms with van der Waals surface area (Å²) < 4.78 is 0. The minimum absolute atomic E-state index is 0.256. The van der Waals surface area contributed by atoms with Crippen LogP contribution in [0.3, 0.4) is 0 Å². The molecule has 0 saturated heterocycles. The third kappa shape index (κ3) is 2.19. The molecule has 0 unspecified atom stereocenters. The molecular weight excluding hydrogens is 256 g/mol. The van der Waals surface area contributed by atoms with Gasteiger partial charge in [0.25, 0.3) is 0 Å². The molecule has 2 aromatic rings. The molecular formula is C16H10O4. The average Bonchev–Trinajstić information content (AvgIpc) is 2.52. The van der Waals surface area contributed by atoms with Crippen molar-refractivity contribution in [2.75, 3.05) is 0 Å².